The molecule has 0 saturated carbocycles. The molecule has 3 heteroatoms. The van der Waals surface area contributed by atoms with Crippen molar-refractivity contribution in [1.29, 1.82) is 0 Å². The van der Waals surface area contributed by atoms with Gasteiger partial charge in [0.2, 0.25) is 0 Å². The van der Waals surface area contributed by atoms with Gasteiger partial charge in [-0.2, -0.15) is 0 Å². The Balaban J connectivity index is 2.10. The average molecular weight is 208 g/mol. The van der Waals surface area contributed by atoms with Crippen molar-refractivity contribution in [2.45, 2.75) is 24.7 Å². The summed E-state index contributed by atoms with van der Waals surface area (Å²) in [5.41, 5.74) is 7.94. The number of anilines is 1. The first-order valence-electron chi connectivity index (χ1n) is 5.05. The molecule has 0 bridgehead atoms. The van der Waals surface area contributed by atoms with E-state index in [9.17, 15) is 0 Å². The molecular weight excluding hydrogens is 192 g/mol. The zero-order valence-corrected chi connectivity index (χ0v) is 9.31. The molecule has 1 aliphatic rings. The molecule has 2 N–H and O–H groups in total. The fraction of sp³-hybridized carbons (Fsp3) is 0.455. The topological polar surface area (TPSA) is 29.3 Å². The molecule has 1 heterocycles. The van der Waals surface area contributed by atoms with Crippen LogP contribution in [0.5, 0.6) is 0 Å². The number of nitrogens with two attached hydrogens (primary N) is 1. The lowest BCUT2D eigenvalue weighted by molar-refractivity contribution is 0.586. The van der Waals surface area contributed by atoms with Gasteiger partial charge in [-0.3, -0.25) is 0 Å². The predicted molar refractivity (Wildman–Crippen MR) is 62.3 cm³/mol. The van der Waals surface area contributed by atoms with Gasteiger partial charge in [-0.15, -0.1) is 0 Å². The van der Waals surface area contributed by atoms with Crippen molar-refractivity contribution < 1.29 is 0 Å². The van der Waals surface area contributed by atoms with E-state index in [-0.39, 0.29) is 0 Å². The highest BCUT2D eigenvalue weighted by molar-refractivity contribution is 7.97. The van der Waals surface area contributed by atoms with Gasteiger partial charge < -0.3 is 5.73 Å². The first-order chi connectivity index (χ1) is 6.75. The summed E-state index contributed by atoms with van der Waals surface area (Å²) in [7, 11) is 0. The lowest BCUT2D eigenvalue weighted by Crippen LogP contribution is -2.09. The Labute approximate surface area is 89.6 Å². The summed E-state index contributed by atoms with van der Waals surface area (Å²) in [6.45, 7) is 4.55. The van der Waals surface area contributed by atoms with Crippen LogP contribution < -0.4 is 5.73 Å². The summed E-state index contributed by atoms with van der Waals surface area (Å²) in [6, 6.07) is 6.12. The largest absolute Gasteiger partial charge is 0.399 e. The number of rotatable bonds is 2. The van der Waals surface area contributed by atoms with Crippen molar-refractivity contribution >= 4 is 17.6 Å². The smallest absolute Gasteiger partial charge is 0.0325 e. The van der Waals surface area contributed by atoms with E-state index in [2.05, 4.69) is 23.4 Å². The highest BCUT2D eigenvalue weighted by atomic mass is 32.2. The van der Waals surface area contributed by atoms with Gasteiger partial charge in [-0.05, 0) is 49.4 Å². The molecule has 0 spiro atoms. The number of nitrogen functional groups attached to an aromatic ring is 1. The van der Waals surface area contributed by atoms with Crippen LogP contribution in [0.15, 0.2) is 23.1 Å². The Morgan fingerprint density at radius 2 is 2.00 bits per heavy atom. The van der Waals surface area contributed by atoms with E-state index in [1.165, 1.54) is 36.4 Å². The maximum Gasteiger partial charge on any atom is 0.0325 e. The van der Waals surface area contributed by atoms with Crippen molar-refractivity contribution in [1.82, 2.24) is 4.31 Å². The lowest BCUT2D eigenvalue weighted by atomic mass is 10.2. The van der Waals surface area contributed by atoms with E-state index in [1.807, 2.05) is 18.0 Å². The van der Waals surface area contributed by atoms with Gasteiger partial charge in [0.1, 0.15) is 0 Å². The van der Waals surface area contributed by atoms with E-state index in [0.717, 1.165) is 5.69 Å². The van der Waals surface area contributed by atoms with Gasteiger partial charge in [0.25, 0.3) is 0 Å². The number of aryl methyl sites for hydroxylation is 1. The molecule has 1 saturated heterocycles. The summed E-state index contributed by atoms with van der Waals surface area (Å²) >= 11 is 1.85. The van der Waals surface area contributed by atoms with Crippen LogP contribution in [0.4, 0.5) is 5.69 Å². The van der Waals surface area contributed by atoms with Crippen molar-refractivity contribution in [3.8, 4) is 0 Å². The summed E-state index contributed by atoms with van der Waals surface area (Å²) in [6.07, 6.45) is 2.66. The molecule has 0 aromatic heterocycles. The van der Waals surface area contributed by atoms with Crippen LogP contribution in [0.3, 0.4) is 0 Å². The molecule has 1 aromatic carbocycles. The minimum absolute atomic E-state index is 0.859. The minimum atomic E-state index is 0.859. The van der Waals surface area contributed by atoms with Crippen molar-refractivity contribution in [2.24, 2.45) is 0 Å². The standard InChI is InChI=1S/C11H16N2S/c1-9-4-5-10(12)8-11(9)14-13-6-2-3-7-13/h4-5,8H,2-3,6-7,12H2,1H3. The number of benzene rings is 1. The lowest BCUT2D eigenvalue weighted by Gasteiger charge is -2.15. The third-order valence-electron chi connectivity index (χ3n) is 2.50. The Morgan fingerprint density at radius 3 is 2.71 bits per heavy atom. The van der Waals surface area contributed by atoms with Gasteiger partial charge in [-0.25, -0.2) is 4.31 Å². The average Bonchev–Trinajstić information content (AvgIpc) is 2.64. The minimum Gasteiger partial charge on any atom is -0.399 e. The highest BCUT2D eigenvalue weighted by Crippen LogP contribution is 2.30. The first kappa shape index (κ1) is 9.87. The molecule has 14 heavy (non-hydrogen) atoms. The maximum absolute atomic E-state index is 5.77. The van der Waals surface area contributed by atoms with E-state index in [1.54, 1.807) is 0 Å². The van der Waals surface area contributed by atoms with Crippen LogP contribution in [0.25, 0.3) is 0 Å². The van der Waals surface area contributed by atoms with Crippen LogP contribution in [0, 0.1) is 6.92 Å². The van der Waals surface area contributed by atoms with Gasteiger partial charge in [0, 0.05) is 23.7 Å². The summed E-state index contributed by atoms with van der Waals surface area (Å²) in [5.74, 6) is 0. The van der Waals surface area contributed by atoms with E-state index in [4.69, 9.17) is 5.73 Å². The fourth-order valence-corrected chi connectivity index (χ4v) is 2.75. The summed E-state index contributed by atoms with van der Waals surface area (Å²) < 4.78 is 2.42. The molecule has 1 aromatic rings. The normalized spacial score (nSPS) is 17.5. The molecule has 0 atom stereocenters. The van der Waals surface area contributed by atoms with E-state index >= 15 is 0 Å². The number of hydrogen-bond donors (Lipinski definition) is 1. The van der Waals surface area contributed by atoms with Gasteiger partial charge in [0.15, 0.2) is 0 Å². The molecule has 0 unspecified atom stereocenters. The first-order valence-corrected chi connectivity index (χ1v) is 5.82. The van der Waals surface area contributed by atoms with Crippen LogP contribution in [-0.2, 0) is 0 Å². The Hall–Kier alpha value is -0.670. The van der Waals surface area contributed by atoms with Gasteiger partial charge in [0.05, 0.1) is 0 Å². The van der Waals surface area contributed by atoms with Crippen molar-refractivity contribution in [3.05, 3.63) is 23.8 Å². The molecular formula is C11H16N2S. The second-order valence-electron chi connectivity index (χ2n) is 3.75. The molecule has 2 nitrogen and oxygen atoms in total. The molecule has 1 fully saturated rings. The van der Waals surface area contributed by atoms with Crippen LogP contribution >= 0.6 is 11.9 Å². The highest BCUT2D eigenvalue weighted by Gasteiger charge is 2.13. The SMILES string of the molecule is Cc1ccc(N)cc1SN1CCCC1. The maximum atomic E-state index is 5.77. The fourth-order valence-electron chi connectivity index (χ4n) is 1.63. The Kier molecular flexibility index (Phi) is 2.99. The third-order valence-corrected chi connectivity index (χ3v) is 3.76. The Morgan fingerprint density at radius 1 is 1.29 bits per heavy atom. The monoisotopic (exact) mass is 208 g/mol. The Bertz CT molecular complexity index is 319. The number of hydrogen-bond acceptors (Lipinski definition) is 3. The third kappa shape index (κ3) is 2.22. The van der Waals surface area contributed by atoms with Crippen LogP contribution in [0.2, 0.25) is 0 Å². The molecule has 1 aliphatic heterocycles. The van der Waals surface area contributed by atoms with E-state index in [0.29, 0.717) is 0 Å². The summed E-state index contributed by atoms with van der Waals surface area (Å²) in [5, 5.41) is 0. The predicted octanol–water partition coefficient (Wildman–Crippen LogP) is 2.68. The van der Waals surface area contributed by atoms with Crippen molar-refractivity contribution in [2.75, 3.05) is 18.8 Å². The summed E-state index contributed by atoms with van der Waals surface area (Å²) in [4.78, 5) is 1.30. The molecule has 0 aliphatic carbocycles. The zero-order chi connectivity index (χ0) is 9.97. The quantitative estimate of drug-likeness (QED) is 0.598. The van der Waals surface area contributed by atoms with Crippen LogP contribution in [0.1, 0.15) is 18.4 Å². The molecule has 0 radical (unpaired) electrons. The zero-order valence-electron chi connectivity index (χ0n) is 8.49. The second-order valence-corrected chi connectivity index (χ2v) is 4.89. The van der Waals surface area contributed by atoms with Crippen molar-refractivity contribution in [3.63, 3.8) is 0 Å². The number of nitrogens with zero attached hydrogens (tertiary/aromatic N) is 1. The van der Waals surface area contributed by atoms with Gasteiger partial charge >= 0.3 is 0 Å². The van der Waals surface area contributed by atoms with Crippen LogP contribution in [-0.4, -0.2) is 17.4 Å². The van der Waals surface area contributed by atoms with Gasteiger partial charge in [-0.1, -0.05) is 6.07 Å². The molecule has 0 amide bonds. The molecule has 2 rings (SSSR count). The second kappa shape index (κ2) is 4.24. The molecule has 76 valence electrons. The van der Waals surface area contributed by atoms with E-state index < -0.39 is 0 Å².